The number of ether oxygens (including phenoxy) is 1. The molecule has 0 aliphatic rings. The predicted octanol–water partition coefficient (Wildman–Crippen LogP) is 1.72. The summed E-state index contributed by atoms with van der Waals surface area (Å²) in [5, 5.41) is -0.0193. The molecule has 0 bridgehead atoms. The van der Waals surface area contributed by atoms with E-state index in [-0.39, 0.29) is 23.1 Å². The lowest BCUT2D eigenvalue weighted by Crippen LogP contribution is -2.32. The molecule has 3 rings (SSSR count). The molecule has 0 unspecified atom stereocenters. The van der Waals surface area contributed by atoms with Gasteiger partial charge in [0.05, 0.1) is 16.5 Å². The van der Waals surface area contributed by atoms with Gasteiger partial charge in [-0.1, -0.05) is 30.3 Å². The van der Waals surface area contributed by atoms with Crippen molar-refractivity contribution in [2.75, 3.05) is 0 Å². The van der Waals surface area contributed by atoms with Crippen LogP contribution in [0.1, 0.15) is 15.9 Å². The largest absolute Gasteiger partial charge is 0.457 e. The molecule has 0 saturated heterocycles. The minimum Gasteiger partial charge on any atom is -0.457 e. The number of halogens is 1. The topological polar surface area (TPSA) is 81.2 Å². The van der Waals surface area contributed by atoms with Gasteiger partial charge in [0.2, 0.25) is 0 Å². The SMILES string of the molecule is Cn1c(=O)[nH]c2cc(C(=O)OCc3ccccc3)c(F)cc2c1=O. The van der Waals surface area contributed by atoms with Gasteiger partial charge >= 0.3 is 11.7 Å². The van der Waals surface area contributed by atoms with Crippen LogP contribution in [-0.4, -0.2) is 15.5 Å². The van der Waals surface area contributed by atoms with E-state index in [1.165, 1.54) is 7.05 Å². The summed E-state index contributed by atoms with van der Waals surface area (Å²) in [5.74, 6) is -1.76. The molecule has 6 nitrogen and oxygen atoms in total. The Kier molecular flexibility index (Phi) is 3.99. The molecule has 1 N–H and O–H groups in total. The van der Waals surface area contributed by atoms with Crippen molar-refractivity contribution >= 4 is 16.9 Å². The van der Waals surface area contributed by atoms with Crippen molar-refractivity contribution in [3.63, 3.8) is 0 Å². The smallest absolute Gasteiger partial charge is 0.341 e. The van der Waals surface area contributed by atoms with Crippen molar-refractivity contribution in [1.29, 1.82) is 0 Å². The second kappa shape index (κ2) is 6.11. The van der Waals surface area contributed by atoms with Crippen LogP contribution in [0.15, 0.2) is 52.1 Å². The minimum atomic E-state index is -0.885. The standard InChI is InChI=1S/C17H13FN2O4/c1-20-15(21)12-7-13(18)11(8-14(12)19-17(20)23)16(22)24-9-10-5-3-2-4-6-10/h2-8H,9H2,1H3,(H,19,23). The quantitative estimate of drug-likeness (QED) is 0.742. The van der Waals surface area contributed by atoms with Gasteiger partial charge < -0.3 is 9.72 Å². The third-order valence-corrected chi connectivity index (χ3v) is 3.62. The summed E-state index contributed by atoms with van der Waals surface area (Å²) < 4.78 is 20.1. The molecule has 0 aliphatic carbocycles. The number of nitrogens with one attached hydrogen (secondary N) is 1. The van der Waals surface area contributed by atoms with Gasteiger partial charge in [-0.2, -0.15) is 0 Å². The van der Waals surface area contributed by atoms with Gasteiger partial charge in [0.25, 0.3) is 5.56 Å². The van der Waals surface area contributed by atoms with Crippen molar-refractivity contribution in [2.45, 2.75) is 6.61 Å². The molecule has 1 heterocycles. The number of carbonyl (C=O) groups excluding carboxylic acids is 1. The highest BCUT2D eigenvalue weighted by atomic mass is 19.1. The molecule has 0 spiro atoms. The predicted molar refractivity (Wildman–Crippen MR) is 85.3 cm³/mol. The maximum absolute atomic E-state index is 14.2. The second-order valence-electron chi connectivity index (χ2n) is 5.23. The zero-order valence-electron chi connectivity index (χ0n) is 12.7. The Hall–Kier alpha value is -3.22. The summed E-state index contributed by atoms with van der Waals surface area (Å²) in [6.07, 6.45) is 0. The fraction of sp³-hybridized carbons (Fsp3) is 0.118. The average molecular weight is 328 g/mol. The summed E-state index contributed by atoms with van der Waals surface area (Å²) >= 11 is 0. The van der Waals surface area contributed by atoms with Crippen LogP contribution in [0.25, 0.3) is 10.9 Å². The summed E-state index contributed by atoms with van der Waals surface area (Å²) in [6, 6.07) is 11.0. The van der Waals surface area contributed by atoms with Gasteiger partial charge in [0.1, 0.15) is 12.4 Å². The van der Waals surface area contributed by atoms with Gasteiger partial charge in [-0.25, -0.2) is 14.0 Å². The molecule has 0 fully saturated rings. The van der Waals surface area contributed by atoms with Gasteiger partial charge in [-0.3, -0.25) is 9.36 Å². The number of carbonyl (C=O) groups is 1. The first-order valence-electron chi connectivity index (χ1n) is 7.11. The summed E-state index contributed by atoms with van der Waals surface area (Å²) in [7, 11) is 1.28. The summed E-state index contributed by atoms with van der Waals surface area (Å²) in [4.78, 5) is 38.1. The van der Waals surface area contributed by atoms with Crippen LogP contribution in [0.2, 0.25) is 0 Å². The monoisotopic (exact) mass is 328 g/mol. The highest BCUT2D eigenvalue weighted by Gasteiger charge is 2.17. The Morgan fingerprint density at radius 2 is 1.92 bits per heavy atom. The zero-order valence-corrected chi connectivity index (χ0v) is 12.7. The third kappa shape index (κ3) is 2.83. The first kappa shape index (κ1) is 15.7. The van der Waals surface area contributed by atoms with Gasteiger partial charge in [-0.15, -0.1) is 0 Å². The lowest BCUT2D eigenvalue weighted by atomic mass is 10.1. The first-order chi connectivity index (χ1) is 11.5. The van der Waals surface area contributed by atoms with E-state index in [0.717, 1.165) is 22.3 Å². The van der Waals surface area contributed by atoms with Crippen molar-refractivity contribution in [2.24, 2.45) is 7.05 Å². The van der Waals surface area contributed by atoms with E-state index in [4.69, 9.17) is 4.74 Å². The molecule has 0 aliphatic heterocycles. The average Bonchev–Trinajstić information content (AvgIpc) is 2.59. The van der Waals surface area contributed by atoms with Crippen molar-refractivity contribution in [1.82, 2.24) is 9.55 Å². The Labute approximate surface area is 135 Å². The number of aromatic amines is 1. The Bertz CT molecular complexity index is 1040. The zero-order chi connectivity index (χ0) is 17.3. The number of esters is 1. The van der Waals surface area contributed by atoms with Crippen molar-refractivity contribution in [3.05, 3.63) is 80.2 Å². The molecular formula is C17H13FN2O4. The molecule has 3 aromatic rings. The number of aromatic nitrogens is 2. The number of nitrogens with zero attached hydrogens (tertiary/aromatic N) is 1. The van der Waals surface area contributed by atoms with E-state index < -0.39 is 23.0 Å². The molecule has 1 aromatic heterocycles. The van der Waals surface area contributed by atoms with E-state index in [1.807, 2.05) is 6.07 Å². The van der Waals surface area contributed by atoms with E-state index in [0.29, 0.717) is 0 Å². The molecule has 0 saturated carbocycles. The van der Waals surface area contributed by atoms with Gasteiger partial charge in [0.15, 0.2) is 0 Å². The highest BCUT2D eigenvalue weighted by Crippen LogP contribution is 2.16. The number of rotatable bonds is 3. The molecule has 0 atom stereocenters. The van der Waals surface area contributed by atoms with E-state index in [1.54, 1.807) is 24.3 Å². The second-order valence-corrected chi connectivity index (χ2v) is 5.23. The normalized spacial score (nSPS) is 10.8. The molecule has 7 heteroatoms. The maximum Gasteiger partial charge on any atom is 0.341 e. The third-order valence-electron chi connectivity index (χ3n) is 3.62. The maximum atomic E-state index is 14.2. The van der Waals surface area contributed by atoms with E-state index in [2.05, 4.69) is 4.98 Å². The van der Waals surface area contributed by atoms with Crippen LogP contribution in [0.5, 0.6) is 0 Å². The fourth-order valence-corrected chi connectivity index (χ4v) is 2.28. The van der Waals surface area contributed by atoms with Gasteiger partial charge in [0, 0.05) is 7.05 Å². The Morgan fingerprint density at radius 3 is 2.62 bits per heavy atom. The van der Waals surface area contributed by atoms with Crippen LogP contribution in [-0.2, 0) is 18.4 Å². The van der Waals surface area contributed by atoms with E-state index in [9.17, 15) is 18.8 Å². The van der Waals surface area contributed by atoms with Crippen LogP contribution < -0.4 is 11.2 Å². The number of hydrogen-bond donors (Lipinski definition) is 1. The Balaban J connectivity index is 1.96. The van der Waals surface area contributed by atoms with Crippen LogP contribution in [0.4, 0.5) is 4.39 Å². The van der Waals surface area contributed by atoms with Crippen LogP contribution in [0.3, 0.4) is 0 Å². The minimum absolute atomic E-state index is 0.00970. The summed E-state index contributed by atoms with van der Waals surface area (Å²) in [6.45, 7) is -0.00970. The highest BCUT2D eigenvalue weighted by molar-refractivity contribution is 5.94. The molecular weight excluding hydrogens is 315 g/mol. The van der Waals surface area contributed by atoms with Crippen molar-refractivity contribution < 1.29 is 13.9 Å². The number of fused-ring (bicyclic) bond motifs is 1. The molecule has 122 valence electrons. The number of hydrogen-bond acceptors (Lipinski definition) is 4. The molecule has 2 aromatic carbocycles. The van der Waals surface area contributed by atoms with Gasteiger partial charge in [-0.05, 0) is 17.7 Å². The lowest BCUT2D eigenvalue weighted by molar-refractivity contribution is 0.0467. The number of H-pyrrole nitrogens is 1. The van der Waals surface area contributed by atoms with Crippen LogP contribution in [0, 0.1) is 5.82 Å². The Morgan fingerprint density at radius 1 is 1.21 bits per heavy atom. The lowest BCUT2D eigenvalue weighted by Gasteiger charge is -2.07. The summed E-state index contributed by atoms with van der Waals surface area (Å²) in [5.41, 5.74) is -0.799. The molecule has 0 amide bonds. The first-order valence-corrected chi connectivity index (χ1v) is 7.11. The number of benzene rings is 2. The van der Waals surface area contributed by atoms with Crippen LogP contribution >= 0.6 is 0 Å². The fourth-order valence-electron chi connectivity index (χ4n) is 2.28. The van der Waals surface area contributed by atoms with E-state index >= 15 is 0 Å². The molecule has 24 heavy (non-hydrogen) atoms. The van der Waals surface area contributed by atoms with Crippen molar-refractivity contribution in [3.8, 4) is 0 Å². The molecule has 0 radical (unpaired) electrons.